The molecule has 6 heteroatoms. The molecule has 0 spiro atoms. The first-order valence-corrected chi connectivity index (χ1v) is 7.98. The van der Waals surface area contributed by atoms with Crippen LogP contribution in [0.15, 0.2) is 35.4 Å². The van der Waals surface area contributed by atoms with Crippen LogP contribution in [-0.2, 0) is 0 Å². The summed E-state index contributed by atoms with van der Waals surface area (Å²) in [6.07, 6.45) is 0. The highest BCUT2D eigenvalue weighted by Crippen LogP contribution is 2.36. The maximum atomic E-state index is 12.9. The lowest BCUT2D eigenvalue weighted by Crippen LogP contribution is -2.39. The number of benzene rings is 1. The summed E-state index contributed by atoms with van der Waals surface area (Å²) in [5.74, 6) is 0.480. The van der Waals surface area contributed by atoms with Crippen LogP contribution in [0.4, 0.5) is 20.6 Å². The predicted molar refractivity (Wildman–Crippen MR) is 87.2 cm³/mol. The first-order chi connectivity index (χ1) is 10.5. The number of rotatable bonds is 1. The van der Waals surface area contributed by atoms with Crippen molar-refractivity contribution < 1.29 is 9.18 Å². The molecule has 1 aromatic carbocycles. The van der Waals surface area contributed by atoms with Gasteiger partial charge in [0.2, 0.25) is 0 Å². The van der Waals surface area contributed by atoms with Crippen LogP contribution in [-0.4, -0.2) is 23.3 Å². The molecule has 1 aliphatic rings. The Morgan fingerprint density at radius 2 is 2.05 bits per heavy atom. The number of thioether (sulfide) groups is 1. The molecule has 0 saturated heterocycles. The van der Waals surface area contributed by atoms with Crippen molar-refractivity contribution in [2.24, 2.45) is 0 Å². The molecule has 22 heavy (non-hydrogen) atoms. The number of aromatic nitrogens is 1. The molecular formula is C16H16FN3OS. The quantitative estimate of drug-likeness (QED) is 0.865. The lowest BCUT2D eigenvalue weighted by molar-refractivity contribution is 0.257. The molecule has 0 atom stereocenters. The maximum absolute atomic E-state index is 12.9. The number of halogens is 1. The zero-order valence-corrected chi connectivity index (χ0v) is 13.2. The first-order valence-electron chi connectivity index (χ1n) is 7.00. The summed E-state index contributed by atoms with van der Waals surface area (Å²) >= 11 is 1.66. The van der Waals surface area contributed by atoms with Crippen LogP contribution in [0.25, 0.3) is 0 Å². The van der Waals surface area contributed by atoms with Crippen molar-refractivity contribution in [1.82, 2.24) is 4.98 Å². The Labute approximate surface area is 132 Å². The van der Waals surface area contributed by atoms with Crippen molar-refractivity contribution in [2.45, 2.75) is 18.9 Å². The second-order valence-electron chi connectivity index (χ2n) is 5.17. The first kappa shape index (κ1) is 14.8. The van der Waals surface area contributed by atoms with Crippen molar-refractivity contribution in [3.63, 3.8) is 0 Å². The van der Waals surface area contributed by atoms with E-state index < -0.39 is 0 Å². The van der Waals surface area contributed by atoms with Gasteiger partial charge in [-0.15, -0.1) is 11.8 Å². The Kier molecular flexibility index (Phi) is 4.02. The number of hydrogen-bond acceptors (Lipinski definition) is 3. The summed E-state index contributed by atoms with van der Waals surface area (Å²) in [6.45, 7) is 4.55. The molecular weight excluding hydrogens is 301 g/mol. The highest BCUT2D eigenvalue weighted by Gasteiger charge is 2.26. The van der Waals surface area contributed by atoms with Gasteiger partial charge in [-0.1, -0.05) is 0 Å². The van der Waals surface area contributed by atoms with E-state index in [1.54, 1.807) is 28.8 Å². The fourth-order valence-electron chi connectivity index (χ4n) is 2.50. The largest absolute Gasteiger partial charge is 0.326 e. The van der Waals surface area contributed by atoms with Crippen LogP contribution < -0.4 is 10.2 Å². The maximum Gasteiger partial charge on any atom is 0.326 e. The number of aryl methyl sites for hydroxylation is 2. The van der Waals surface area contributed by atoms with Gasteiger partial charge in [-0.25, -0.2) is 14.2 Å². The number of pyridine rings is 1. The van der Waals surface area contributed by atoms with Crippen LogP contribution >= 0.6 is 11.8 Å². The van der Waals surface area contributed by atoms with Crippen molar-refractivity contribution >= 4 is 29.2 Å². The Balaban J connectivity index is 1.87. The highest BCUT2D eigenvalue weighted by atomic mass is 32.2. The van der Waals surface area contributed by atoms with Gasteiger partial charge in [-0.05, 0) is 49.7 Å². The van der Waals surface area contributed by atoms with E-state index >= 15 is 0 Å². The molecule has 0 saturated carbocycles. The fourth-order valence-corrected chi connectivity index (χ4v) is 3.58. The lowest BCUT2D eigenvalue weighted by atomic mass is 10.2. The van der Waals surface area contributed by atoms with Crippen molar-refractivity contribution in [2.75, 3.05) is 22.5 Å². The van der Waals surface area contributed by atoms with E-state index in [4.69, 9.17) is 0 Å². The van der Waals surface area contributed by atoms with E-state index in [9.17, 15) is 9.18 Å². The number of nitrogens with zero attached hydrogens (tertiary/aromatic N) is 2. The Hall–Kier alpha value is -2.08. The van der Waals surface area contributed by atoms with Gasteiger partial charge in [0.05, 0.1) is 5.69 Å². The van der Waals surface area contributed by atoms with E-state index in [1.807, 2.05) is 19.9 Å². The molecule has 0 fully saturated rings. The number of urea groups is 1. The minimum Gasteiger partial charge on any atom is -0.308 e. The predicted octanol–water partition coefficient (Wildman–Crippen LogP) is 3.98. The Morgan fingerprint density at radius 3 is 2.77 bits per heavy atom. The van der Waals surface area contributed by atoms with E-state index in [0.717, 1.165) is 27.7 Å². The molecule has 2 heterocycles. The second-order valence-corrected chi connectivity index (χ2v) is 6.26. The monoisotopic (exact) mass is 317 g/mol. The van der Waals surface area contributed by atoms with E-state index in [2.05, 4.69) is 10.3 Å². The van der Waals surface area contributed by atoms with Crippen LogP contribution in [0.5, 0.6) is 0 Å². The molecule has 1 aliphatic heterocycles. The molecule has 0 bridgehead atoms. The third-order valence-corrected chi connectivity index (χ3v) is 4.39. The summed E-state index contributed by atoms with van der Waals surface area (Å²) < 4.78 is 12.9. The topological polar surface area (TPSA) is 45.2 Å². The van der Waals surface area contributed by atoms with Gasteiger partial charge >= 0.3 is 6.03 Å². The van der Waals surface area contributed by atoms with Gasteiger partial charge in [0.1, 0.15) is 10.8 Å². The van der Waals surface area contributed by atoms with E-state index in [0.29, 0.717) is 12.2 Å². The second kappa shape index (κ2) is 5.96. The third-order valence-electron chi connectivity index (χ3n) is 3.44. The van der Waals surface area contributed by atoms with Crippen molar-refractivity contribution in [3.05, 3.63) is 47.4 Å². The Morgan fingerprint density at radius 1 is 1.32 bits per heavy atom. The summed E-state index contributed by atoms with van der Waals surface area (Å²) in [4.78, 5) is 18.8. The number of hydrogen-bond donors (Lipinski definition) is 1. The highest BCUT2D eigenvalue weighted by molar-refractivity contribution is 7.99. The SMILES string of the molecule is Cc1cc(C)c2c(n1)SCCN2C(=O)Nc1ccc(F)cc1. The van der Waals surface area contributed by atoms with Gasteiger partial charge in [-0.2, -0.15) is 0 Å². The average molecular weight is 317 g/mol. The van der Waals surface area contributed by atoms with Crippen LogP contribution in [0, 0.1) is 19.7 Å². The Bertz CT molecular complexity index is 718. The van der Waals surface area contributed by atoms with Crippen LogP contribution in [0.2, 0.25) is 0 Å². The minimum atomic E-state index is -0.326. The van der Waals surface area contributed by atoms with Gasteiger partial charge in [0.15, 0.2) is 0 Å². The summed E-state index contributed by atoms with van der Waals surface area (Å²) in [7, 11) is 0. The molecule has 0 radical (unpaired) electrons. The molecule has 114 valence electrons. The minimum absolute atomic E-state index is 0.220. The van der Waals surface area contributed by atoms with Crippen LogP contribution in [0.3, 0.4) is 0 Å². The molecule has 1 aromatic heterocycles. The summed E-state index contributed by atoms with van der Waals surface area (Å²) in [5.41, 5.74) is 3.42. The zero-order valence-electron chi connectivity index (χ0n) is 12.4. The van der Waals surface area contributed by atoms with Gasteiger partial charge in [-0.3, -0.25) is 4.90 Å². The van der Waals surface area contributed by atoms with Gasteiger partial charge in [0.25, 0.3) is 0 Å². The number of fused-ring (bicyclic) bond motifs is 1. The molecule has 1 N–H and O–H groups in total. The zero-order chi connectivity index (χ0) is 15.7. The lowest BCUT2D eigenvalue weighted by Gasteiger charge is -2.30. The van der Waals surface area contributed by atoms with Gasteiger partial charge < -0.3 is 5.32 Å². The smallest absolute Gasteiger partial charge is 0.308 e. The van der Waals surface area contributed by atoms with Crippen molar-refractivity contribution in [3.8, 4) is 0 Å². The van der Waals surface area contributed by atoms with Crippen molar-refractivity contribution in [1.29, 1.82) is 0 Å². The number of anilines is 2. The molecule has 2 aromatic rings. The number of carbonyl (C=O) groups is 1. The molecule has 0 unspecified atom stereocenters. The standard InChI is InChI=1S/C16H16FN3OS/c1-10-9-11(2)18-15-14(10)20(7-8-22-15)16(21)19-13-5-3-12(17)4-6-13/h3-6,9H,7-8H2,1-2H3,(H,19,21). The van der Waals surface area contributed by atoms with E-state index in [-0.39, 0.29) is 11.8 Å². The molecule has 3 rings (SSSR count). The summed E-state index contributed by atoms with van der Waals surface area (Å²) in [5, 5.41) is 3.69. The number of carbonyl (C=O) groups excluding carboxylic acids is 1. The summed E-state index contributed by atoms with van der Waals surface area (Å²) in [6, 6.07) is 7.50. The van der Waals surface area contributed by atoms with E-state index in [1.165, 1.54) is 12.1 Å². The molecule has 2 amide bonds. The van der Waals surface area contributed by atoms with Gasteiger partial charge in [0, 0.05) is 23.7 Å². The number of nitrogens with one attached hydrogen (secondary N) is 1. The van der Waals surface area contributed by atoms with Crippen LogP contribution in [0.1, 0.15) is 11.3 Å². The molecule has 0 aliphatic carbocycles. The molecule has 4 nitrogen and oxygen atoms in total. The third kappa shape index (κ3) is 2.92. The average Bonchev–Trinajstić information content (AvgIpc) is 2.48. The normalized spacial score (nSPS) is 13.7. The number of amides is 2. The fraction of sp³-hybridized carbons (Fsp3) is 0.250.